The molecule has 75 heavy (non-hydrogen) atoms. The molecule has 3 heterocycles. The van der Waals surface area contributed by atoms with Crippen LogP contribution in [0.5, 0.6) is 0 Å². The number of carbonyl (C=O) groups is 2. The number of halogens is 1. The average molecular weight is 1110 g/mol. The van der Waals surface area contributed by atoms with E-state index >= 15 is 0 Å². The quantitative estimate of drug-likeness (QED) is 0.0516. The zero-order valence-electron chi connectivity index (χ0n) is 46.1. The highest BCUT2D eigenvalue weighted by atomic mass is 35.5. The largest absolute Gasteiger partial charge is 0.444 e. The van der Waals surface area contributed by atoms with Crippen LogP contribution in [0.2, 0.25) is 0 Å². The molecule has 7 N–H and O–H groups in total. The number of aliphatic hydroxyl groups is 6. The number of piperazine rings is 3. The minimum Gasteiger partial charge on any atom is -0.444 e. The van der Waals surface area contributed by atoms with E-state index in [1.165, 1.54) is 11.1 Å². The topological polar surface area (TPSA) is 193 Å². The fraction of sp³-hybridized carbons (Fsp3) is 0.649. The van der Waals surface area contributed by atoms with Gasteiger partial charge in [0, 0.05) is 89.7 Å². The number of hydrogen-bond acceptors (Lipinski definition) is 15. The van der Waals surface area contributed by atoms with Crippen molar-refractivity contribution in [3.8, 4) is 0 Å². The summed E-state index contributed by atoms with van der Waals surface area (Å²) in [6.45, 7) is 24.3. The van der Waals surface area contributed by atoms with Crippen LogP contribution in [0.1, 0.15) is 117 Å². The van der Waals surface area contributed by atoms with Gasteiger partial charge in [-0.05, 0) is 156 Å². The van der Waals surface area contributed by atoms with Gasteiger partial charge in [-0.15, -0.1) is 12.4 Å². The Morgan fingerprint density at radius 3 is 1.15 bits per heavy atom. The third-order valence-corrected chi connectivity index (χ3v) is 16.1. The number of carbonyl (C=O) groups excluding carboxylic acids is 2. The molecule has 3 aromatic rings. The Morgan fingerprint density at radius 2 is 0.827 bits per heavy atom. The third kappa shape index (κ3) is 26.0. The molecule has 2 amide bonds. The summed E-state index contributed by atoms with van der Waals surface area (Å²) in [6.07, 6.45) is 9.42. The highest BCUT2D eigenvalue weighted by Crippen LogP contribution is 2.37. The van der Waals surface area contributed by atoms with Crippen LogP contribution in [0, 0.1) is 0 Å². The van der Waals surface area contributed by atoms with Crippen molar-refractivity contribution in [2.24, 2.45) is 0 Å². The predicted molar refractivity (Wildman–Crippen MR) is 308 cm³/mol. The second-order valence-corrected chi connectivity index (χ2v) is 24.5. The van der Waals surface area contributed by atoms with Crippen molar-refractivity contribution in [3.63, 3.8) is 0 Å². The summed E-state index contributed by atoms with van der Waals surface area (Å²) < 4.78 is 5.56. The van der Waals surface area contributed by atoms with Gasteiger partial charge >= 0.3 is 6.09 Å². The average Bonchev–Trinajstić information content (AvgIpc) is 3.40. The number of nitrogens with one attached hydrogen (secondary N) is 1. The third-order valence-electron chi connectivity index (χ3n) is 13.5. The molecule has 0 atom stereocenters. The molecular weight excluding hydrogens is 1010 g/mol. The van der Waals surface area contributed by atoms with E-state index in [0.29, 0.717) is 19.5 Å². The maximum atomic E-state index is 12.5. The fourth-order valence-electron chi connectivity index (χ4n) is 9.49. The minimum absolute atomic E-state index is 0. The van der Waals surface area contributed by atoms with Crippen molar-refractivity contribution in [2.45, 2.75) is 136 Å². The van der Waals surface area contributed by atoms with Crippen LogP contribution < -0.4 is 5.32 Å². The van der Waals surface area contributed by atoms with E-state index in [-0.39, 0.29) is 68.8 Å². The van der Waals surface area contributed by atoms with Gasteiger partial charge in [0.25, 0.3) is 0 Å². The van der Waals surface area contributed by atoms with E-state index < -0.39 is 5.60 Å². The normalized spacial score (nSPS) is 15.8. The van der Waals surface area contributed by atoms with E-state index in [0.717, 1.165) is 169 Å². The maximum Gasteiger partial charge on any atom is 0.410 e. The molecule has 0 aromatic heterocycles. The SMILES string of the molecule is CC(C)(C)OC(=O)N1CCN(CCCc2cc(CO)cc(CO)c2)CC1.CSSC(C)(C)CCC(=O)N1CCN(CCCc2cc(CO)cc(CO)c2)CC1.Cl.OCc1cc(CO)cc(CCCN2CCNCC2)c1. The molecule has 18 heteroatoms. The van der Waals surface area contributed by atoms with Crippen molar-refractivity contribution in [2.75, 3.05) is 104 Å². The van der Waals surface area contributed by atoms with Gasteiger partial charge in [-0.1, -0.05) is 76.2 Å². The van der Waals surface area contributed by atoms with Crippen LogP contribution in [0.3, 0.4) is 0 Å². The van der Waals surface area contributed by atoms with Gasteiger partial charge < -0.3 is 55.4 Å². The highest BCUT2D eigenvalue weighted by Gasteiger charge is 2.27. The van der Waals surface area contributed by atoms with Crippen molar-refractivity contribution in [3.05, 3.63) is 105 Å². The van der Waals surface area contributed by atoms with E-state index in [1.54, 1.807) is 15.7 Å². The Morgan fingerprint density at radius 1 is 0.507 bits per heavy atom. The molecular formula is C57H93ClN6O9S2. The van der Waals surface area contributed by atoms with Crippen LogP contribution >= 0.6 is 34.0 Å². The lowest BCUT2D eigenvalue weighted by Gasteiger charge is -2.35. The maximum absolute atomic E-state index is 12.5. The van der Waals surface area contributed by atoms with E-state index in [2.05, 4.69) is 40.1 Å². The number of amides is 2. The summed E-state index contributed by atoms with van der Waals surface area (Å²) in [5.41, 5.74) is 8.27. The number of hydrogen-bond donors (Lipinski definition) is 7. The fourth-order valence-corrected chi connectivity index (χ4v) is 11.7. The van der Waals surface area contributed by atoms with Crippen molar-refractivity contribution in [1.82, 2.24) is 29.8 Å². The Labute approximate surface area is 463 Å². The van der Waals surface area contributed by atoms with E-state index in [9.17, 15) is 40.2 Å². The summed E-state index contributed by atoms with van der Waals surface area (Å²) in [6, 6.07) is 17.7. The molecule has 6 rings (SSSR count). The van der Waals surface area contributed by atoms with Crippen LogP contribution in [0.4, 0.5) is 4.79 Å². The van der Waals surface area contributed by atoms with Gasteiger partial charge in [-0.25, -0.2) is 4.79 Å². The molecule has 15 nitrogen and oxygen atoms in total. The molecule has 0 unspecified atom stereocenters. The number of rotatable bonds is 23. The summed E-state index contributed by atoms with van der Waals surface area (Å²) in [5, 5.41) is 59.2. The lowest BCUT2D eigenvalue weighted by atomic mass is 10.0. The van der Waals surface area contributed by atoms with Gasteiger partial charge in [0.2, 0.25) is 5.91 Å². The lowest BCUT2D eigenvalue weighted by Crippen LogP contribution is -2.50. The Kier molecular flexibility index (Phi) is 31.4. The van der Waals surface area contributed by atoms with Gasteiger partial charge in [-0.2, -0.15) is 0 Å². The van der Waals surface area contributed by atoms with Gasteiger partial charge in [0.1, 0.15) is 5.60 Å². The molecule has 3 aromatic carbocycles. The Bertz CT molecular complexity index is 2030. The van der Waals surface area contributed by atoms with Gasteiger partial charge in [0.05, 0.1) is 39.6 Å². The first-order valence-corrected chi connectivity index (χ1v) is 29.4. The second-order valence-electron chi connectivity index (χ2n) is 21.4. The molecule has 3 aliphatic rings. The Balaban J connectivity index is 0.000000300. The molecule has 424 valence electrons. The first kappa shape index (κ1) is 66.3. The zero-order valence-corrected chi connectivity index (χ0v) is 48.5. The molecule has 0 radical (unpaired) electrons. The molecule has 0 saturated carbocycles. The number of ether oxygens (including phenoxy) is 1. The van der Waals surface area contributed by atoms with E-state index in [1.807, 2.05) is 91.1 Å². The summed E-state index contributed by atoms with van der Waals surface area (Å²) >= 11 is 0. The molecule has 3 saturated heterocycles. The predicted octanol–water partition coefficient (Wildman–Crippen LogP) is 6.41. The van der Waals surface area contributed by atoms with E-state index in [4.69, 9.17) is 4.74 Å². The summed E-state index contributed by atoms with van der Waals surface area (Å²) in [4.78, 5) is 35.7. The number of benzene rings is 3. The van der Waals surface area contributed by atoms with Crippen LogP contribution in [-0.2, 0) is 68.4 Å². The standard InChI is InChI=1S/C22H36N2O3S2.C20H32N2O4.C15H24N2O2.ClH/c1-22(2,29-28-3)7-6-21(27)24-11-9-23(10-12-24)8-4-5-18-13-19(16-25)15-20(14-18)17-26;1-20(2,3)26-19(25)22-9-7-21(8-10-22)6-4-5-16-11-17(14-23)13-18(12-16)15-24;18-11-14-8-13(9-15(10-14)12-19)2-1-5-17-6-3-16-4-7-17;/h13-15,25-26H,4-12,16-17H2,1-3H3;11-13,23-24H,4-10,14-15H2,1-3H3;8-10,16,18-19H,1-7,11-12H2;1H. The van der Waals surface area contributed by atoms with Gasteiger partial charge in [-0.3, -0.25) is 14.6 Å². The number of nitrogens with zero attached hydrogens (tertiary/aromatic N) is 5. The minimum atomic E-state index is -0.454. The molecule has 0 aliphatic carbocycles. The lowest BCUT2D eigenvalue weighted by molar-refractivity contribution is -0.133. The number of aliphatic hydroxyl groups excluding tert-OH is 6. The summed E-state index contributed by atoms with van der Waals surface area (Å²) in [7, 11) is 3.61. The van der Waals surface area contributed by atoms with Crippen molar-refractivity contribution >= 4 is 46.0 Å². The monoisotopic (exact) mass is 1100 g/mol. The van der Waals surface area contributed by atoms with Crippen LogP contribution in [-0.4, -0.2) is 182 Å². The first-order valence-electron chi connectivity index (χ1n) is 26.8. The first-order chi connectivity index (χ1) is 35.5. The second kappa shape index (κ2) is 35.5. The highest BCUT2D eigenvalue weighted by molar-refractivity contribution is 8.76. The summed E-state index contributed by atoms with van der Waals surface area (Å²) in [5.74, 6) is 0.289. The number of aryl methyl sites for hydroxylation is 3. The molecule has 0 bridgehead atoms. The molecule has 3 aliphatic heterocycles. The van der Waals surface area contributed by atoms with Crippen LogP contribution in [0.15, 0.2) is 54.6 Å². The van der Waals surface area contributed by atoms with Gasteiger partial charge in [0.15, 0.2) is 0 Å². The van der Waals surface area contributed by atoms with Crippen molar-refractivity contribution < 1.29 is 45.0 Å². The molecule has 0 spiro atoms. The zero-order chi connectivity index (χ0) is 53.9. The van der Waals surface area contributed by atoms with Crippen molar-refractivity contribution in [1.29, 1.82) is 0 Å². The smallest absolute Gasteiger partial charge is 0.410 e. The Hall–Kier alpha value is -3.01. The van der Waals surface area contributed by atoms with Crippen LogP contribution in [0.25, 0.3) is 0 Å². The molecule has 3 fully saturated rings.